The maximum atomic E-state index is 13.6. The predicted molar refractivity (Wildman–Crippen MR) is 53.4 cm³/mol. The number of ether oxygens (including phenoxy) is 2. The fourth-order valence-corrected chi connectivity index (χ4v) is 1.16. The third-order valence-corrected chi connectivity index (χ3v) is 1.77. The highest BCUT2D eigenvalue weighted by Crippen LogP contribution is 2.26. The summed E-state index contributed by atoms with van der Waals surface area (Å²) in [5, 5.41) is 0. The van der Waals surface area contributed by atoms with E-state index in [1.165, 1.54) is 6.92 Å². The van der Waals surface area contributed by atoms with Crippen LogP contribution < -0.4 is 10.5 Å². The average Bonchev–Trinajstić information content (AvgIpc) is 2.22. The van der Waals surface area contributed by atoms with Gasteiger partial charge in [-0.3, -0.25) is 0 Å². The first-order valence-corrected chi connectivity index (χ1v) is 4.66. The molecule has 0 aliphatic rings. The van der Waals surface area contributed by atoms with Crippen LogP contribution in [0.25, 0.3) is 0 Å². The van der Waals surface area contributed by atoms with E-state index in [0.717, 1.165) is 12.1 Å². The van der Waals surface area contributed by atoms with Gasteiger partial charge in [0.2, 0.25) is 0 Å². The third kappa shape index (κ3) is 3.27. The lowest BCUT2D eigenvalue weighted by Crippen LogP contribution is -2.11. The van der Waals surface area contributed by atoms with Crippen molar-refractivity contribution in [1.82, 2.24) is 0 Å². The van der Waals surface area contributed by atoms with Crippen LogP contribution in [-0.4, -0.2) is 19.2 Å². The summed E-state index contributed by atoms with van der Waals surface area (Å²) in [5.74, 6) is -3.00. The summed E-state index contributed by atoms with van der Waals surface area (Å²) < 4.78 is 46.0. The lowest BCUT2D eigenvalue weighted by Gasteiger charge is -2.10. The van der Waals surface area contributed by atoms with Gasteiger partial charge in [0.1, 0.15) is 5.56 Å². The summed E-state index contributed by atoms with van der Waals surface area (Å²) in [4.78, 5) is 11.3. The fourth-order valence-electron chi connectivity index (χ4n) is 1.16. The highest BCUT2D eigenvalue weighted by molar-refractivity contribution is 5.91. The highest BCUT2D eigenvalue weighted by atomic mass is 19.3. The molecule has 0 spiro atoms. The maximum absolute atomic E-state index is 13.6. The molecule has 17 heavy (non-hydrogen) atoms. The Bertz CT molecular complexity index is 424. The molecule has 4 nitrogen and oxygen atoms in total. The maximum Gasteiger partial charge on any atom is 0.387 e. The molecule has 1 aromatic rings. The van der Waals surface area contributed by atoms with E-state index in [1.54, 1.807) is 0 Å². The van der Waals surface area contributed by atoms with Gasteiger partial charge in [0, 0.05) is 11.8 Å². The standard InChI is InChI=1S/C10H10F3NO3/c1-2-16-9(15)6-3-5(14)4-7(8(6)11)17-10(12)13/h3-4,10H,2,14H2,1H3. The number of benzene rings is 1. The number of esters is 1. The number of nitrogens with two attached hydrogens (primary N) is 1. The fraction of sp³-hybridized carbons (Fsp3) is 0.300. The van der Waals surface area contributed by atoms with E-state index in [-0.39, 0.29) is 12.3 Å². The Morgan fingerprint density at radius 2 is 2.12 bits per heavy atom. The van der Waals surface area contributed by atoms with Crippen molar-refractivity contribution in [3.63, 3.8) is 0 Å². The minimum absolute atomic E-state index is 0.0259. The van der Waals surface area contributed by atoms with Gasteiger partial charge in [0.05, 0.1) is 6.61 Å². The number of hydrogen-bond donors (Lipinski definition) is 1. The third-order valence-electron chi connectivity index (χ3n) is 1.77. The van der Waals surface area contributed by atoms with Gasteiger partial charge in [-0.05, 0) is 13.0 Å². The molecule has 0 aliphatic heterocycles. The summed E-state index contributed by atoms with van der Waals surface area (Å²) in [6, 6.07) is 1.86. The topological polar surface area (TPSA) is 61.5 Å². The van der Waals surface area contributed by atoms with E-state index in [2.05, 4.69) is 9.47 Å². The molecular weight excluding hydrogens is 239 g/mol. The minimum Gasteiger partial charge on any atom is -0.462 e. The van der Waals surface area contributed by atoms with Crippen molar-refractivity contribution in [3.8, 4) is 5.75 Å². The van der Waals surface area contributed by atoms with E-state index < -0.39 is 29.7 Å². The summed E-state index contributed by atoms with van der Waals surface area (Å²) in [5.41, 5.74) is 4.72. The summed E-state index contributed by atoms with van der Waals surface area (Å²) in [6.45, 7) is -1.65. The molecule has 1 rings (SSSR count). The first kappa shape index (κ1) is 13.1. The quantitative estimate of drug-likeness (QED) is 0.656. The normalized spacial score (nSPS) is 10.4. The Morgan fingerprint density at radius 3 is 2.65 bits per heavy atom. The van der Waals surface area contributed by atoms with Crippen LogP contribution in [0.5, 0.6) is 5.75 Å². The van der Waals surface area contributed by atoms with E-state index in [9.17, 15) is 18.0 Å². The van der Waals surface area contributed by atoms with Crippen LogP contribution >= 0.6 is 0 Å². The molecule has 0 saturated heterocycles. The van der Waals surface area contributed by atoms with Gasteiger partial charge in [-0.15, -0.1) is 0 Å². The lowest BCUT2D eigenvalue weighted by molar-refractivity contribution is -0.0522. The Morgan fingerprint density at radius 1 is 1.47 bits per heavy atom. The number of rotatable bonds is 4. The van der Waals surface area contributed by atoms with Crippen LogP contribution in [-0.2, 0) is 4.74 Å². The monoisotopic (exact) mass is 249 g/mol. The molecular formula is C10H10F3NO3. The number of nitrogen functional groups attached to an aromatic ring is 1. The minimum atomic E-state index is -3.21. The zero-order valence-electron chi connectivity index (χ0n) is 8.88. The lowest BCUT2D eigenvalue weighted by atomic mass is 10.1. The van der Waals surface area contributed by atoms with Crippen molar-refractivity contribution in [2.24, 2.45) is 0 Å². The van der Waals surface area contributed by atoms with Crippen LogP contribution in [0.15, 0.2) is 12.1 Å². The molecule has 0 aromatic heterocycles. The molecule has 1 aromatic carbocycles. The molecule has 0 atom stereocenters. The van der Waals surface area contributed by atoms with Crippen LogP contribution in [0.2, 0.25) is 0 Å². The Labute approximate surface area is 95.1 Å². The zero-order chi connectivity index (χ0) is 13.0. The molecule has 0 saturated carbocycles. The smallest absolute Gasteiger partial charge is 0.387 e. The van der Waals surface area contributed by atoms with Crippen LogP contribution in [0, 0.1) is 5.82 Å². The summed E-state index contributed by atoms with van der Waals surface area (Å²) >= 11 is 0. The van der Waals surface area contributed by atoms with Crippen LogP contribution in [0.1, 0.15) is 17.3 Å². The highest BCUT2D eigenvalue weighted by Gasteiger charge is 2.20. The number of carbonyl (C=O) groups excluding carboxylic acids is 1. The number of halogens is 3. The number of carbonyl (C=O) groups is 1. The molecule has 0 aliphatic carbocycles. The van der Waals surface area contributed by atoms with Crippen LogP contribution in [0.4, 0.5) is 18.9 Å². The van der Waals surface area contributed by atoms with Crippen molar-refractivity contribution < 1.29 is 27.4 Å². The van der Waals surface area contributed by atoms with Gasteiger partial charge in [-0.1, -0.05) is 0 Å². The molecule has 0 amide bonds. The van der Waals surface area contributed by atoms with Gasteiger partial charge >= 0.3 is 12.6 Å². The number of anilines is 1. The van der Waals surface area contributed by atoms with Gasteiger partial charge in [0.25, 0.3) is 0 Å². The summed E-state index contributed by atoms with van der Waals surface area (Å²) in [6.07, 6.45) is 0. The van der Waals surface area contributed by atoms with E-state index in [0.29, 0.717) is 0 Å². The van der Waals surface area contributed by atoms with Crippen molar-refractivity contribution >= 4 is 11.7 Å². The second-order valence-electron chi connectivity index (χ2n) is 2.98. The molecule has 0 radical (unpaired) electrons. The van der Waals surface area contributed by atoms with Crippen molar-refractivity contribution in [1.29, 1.82) is 0 Å². The zero-order valence-corrected chi connectivity index (χ0v) is 8.88. The number of alkyl halides is 2. The summed E-state index contributed by atoms with van der Waals surface area (Å²) in [7, 11) is 0. The molecule has 94 valence electrons. The Balaban J connectivity index is 3.13. The Hall–Kier alpha value is -1.92. The largest absolute Gasteiger partial charge is 0.462 e. The van der Waals surface area contributed by atoms with E-state index in [4.69, 9.17) is 5.73 Å². The number of hydrogen-bond acceptors (Lipinski definition) is 4. The first-order valence-electron chi connectivity index (χ1n) is 4.66. The Kier molecular flexibility index (Phi) is 4.19. The molecule has 0 bridgehead atoms. The van der Waals surface area contributed by atoms with Gasteiger partial charge in [-0.2, -0.15) is 8.78 Å². The van der Waals surface area contributed by atoms with E-state index >= 15 is 0 Å². The van der Waals surface area contributed by atoms with Gasteiger partial charge in [0.15, 0.2) is 11.6 Å². The van der Waals surface area contributed by atoms with Crippen molar-refractivity contribution in [2.75, 3.05) is 12.3 Å². The molecule has 0 fully saturated rings. The van der Waals surface area contributed by atoms with Crippen molar-refractivity contribution in [3.05, 3.63) is 23.5 Å². The second-order valence-corrected chi connectivity index (χ2v) is 2.98. The first-order chi connectivity index (χ1) is 7.95. The molecule has 2 N–H and O–H groups in total. The SMILES string of the molecule is CCOC(=O)c1cc(N)cc(OC(F)F)c1F. The van der Waals surface area contributed by atoms with E-state index in [1.807, 2.05) is 0 Å². The van der Waals surface area contributed by atoms with Gasteiger partial charge in [-0.25, -0.2) is 9.18 Å². The average molecular weight is 249 g/mol. The molecule has 0 heterocycles. The molecule has 0 unspecified atom stereocenters. The predicted octanol–water partition coefficient (Wildman–Crippen LogP) is 2.19. The second kappa shape index (κ2) is 5.42. The molecule has 7 heteroatoms. The van der Waals surface area contributed by atoms with Gasteiger partial charge < -0.3 is 15.2 Å². The van der Waals surface area contributed by atoms with Crippen molar-refractivity contribution in [2.45, 2.75) is 13.5 Å². The van der Waals surface area contributed by atoms with Crippen LogP contribution in [0.3, 0.4) is 0 Å².